The molecule has 1 aromatic heterocycles. The Labute approximate surface area is 173 Å². The smallest absolute Gasteiger partial charge is 0.407 e. The second kappa shape index (κ2) is 8.71. The van der Waals surface area contributed by atoms with Crippen LogP contribution in [0.5, 0.6) is 6.08 Å². The van der Waals surface area contributed by atoms with Crippen LogP contribution in [0.4, 0.5) is 4.79 Å². The molecule has 0 unspecified atom stereocenters. The number of benzene rings is 2. The van der Waals surface area contributed by atoms with Crippen molar-refractivity contribution in [2.24, 2.45) is 0 Å². The second-order valence-corrected chi connectivity index (χ2v) is 7.49. The van der Waals surface area contributed by atoms with Gasteiger partial charge < -0.3 is 19.2 Å². The molecule has 2 heterocycles. The van der Waals surface area contributed by atoms with Crippen molar-refractivity contribution in [2.75, 3.05) is 32.8 Å². The van der Waals surface area contributed by atoms with E-state index in [0.29, 0.717) is 30.3 Å². The first-order valence-corrected chi connectivity index (χ1v) is 9.91. The van der Waals surface area contributed by atoms with E-state index in [1.54, 1.807) is 18.2 Å². The largest absolute Gasteiger partial charge is 0.465 e. The van der Waals surface area contributed by atoms with Crippen molar-refractivity contribution in [1.82, 2.24) is 14.8 Å². The van der Waals surface area contributed by atoms with E-state index >= 15 is 0 Å². The quantitative estimate of drug-likeness (QED) is 0.657. The summed E-state index contributed by atoms with van der Waals surface area (Å²) in [7, 11) is 0. The fourth-order valence-corrected chi connectivity index (χ4v) is 3.52. The number of hydrogen-bond donors (Lipinski definition) is 1. The molecule has 1 aliphatic rings. The van der Waals surface area contributed by atoms with Crippen LogP contribution < -0.4 is 4.74 Å². The van der Waals surface area contributed by atoms with Crippen LogP contribution in [0, 0.1) is 0 Å². The highest BCUT2D eigenvalue weighted by molar-refractivity contribution is 6.31. The molecule has 7 nitrogen and oxygen atoms in total. The zero-order valence-corrected chi connectivity index (χ0v) is 16.6. The number of rotatable bonds is 6. The number of hydrogen-bond acceptors (Lipinski definition) is 5. The van der Waals surface area contributed by atoms with Crippen molar-refractivity contribution < 1.29 is 19.1 Å². The Balaban J connectivity index is 1.24. The lowest BCUT2D eigenvalue weighted by molar-refractivity contribution is 0.103. The summed E-state index contributed by atoms with van der Waals surface area (Å²) in [5, 5.41) is 9.62. The fourth-order valence-electron chi connectivity index (χ4n) is 3.36. The van der Waals surface area contributed by atoms with E-state index in [-0.39, 0.29) is 6.08 Å². The molecule has 1 aliphatic heterocycles. The molecule has 3 aromatic rings. The first-order valence-electron chi connectivity index (χ1n) is 9.54. The molecular formula is C21H22ClN3O4. The molecule has 1 amide bonds. The molecule has 29 heavy (non-hydrogen) atoms. The normalized spacial score (nSPS) is 15.0. The van der Waals surface area contributed by atoms with E-state index < -0.39 is 6.09 Å². The van der Waals surface area contributed by atoms with Gasteiger partial charge in [-0.25, -0.2) is 4.79 Å². The van der Waals surface area contributed by atoms with Gasteiger partial charge in [-0.1, -0.05) is 35.9 Å². The Kier molecular flexibility index (Phi) is 5.87. The highest BCUT2D eigenvalue weighted by Crippen LogP contribution is 2.23. The number of amides is 1. The van der Waals surface area contributed by atoms with Crippen molar-refractivity contribution in [2.45, 2.75) is 13.0 Å². The standard InChI is InChI=1S/C21H22ClN3O4/c22-17-5-6-18-19(13-17)29-20(23-18)28-12-7-15-1-3-16(4-2-15)14-24-8-10-25(11-9-24)21(26)27/h1-6,13H,7-12,14H2,(H,26,27). The van der Waals surface area contributed by atoms with Crippen LogP contribution in [0.2, 0.25) is 5.02 Å². The van der Waals surface area contributed by atoms with Crippen molar-refractivity contribution in [3.8, 4) is 6.08 Å². The van der Waals surface area contributed by atoms with Crippen LogP contribution in [-0.2, 0) is 13.0 Å². The van der Waals surface area contributed by atoms with Crippen LogP contribution in [0.3, 0.4) is 0 Å². The molecule has 0 atom stereocenters. The molecular weight excluding hydrogens is 394 g/mol. The summed E-state index contributed by atoms with van der Waals surface area (Å²) in [4.78, 5) is 19.0. The number of nitrogens with zero attached hydrogens (tertiary/aromatic N) is 3. The summed E-state index contributed by atoms with van der Waals surface area (Å²) in [6.07, 6.45) is 0.161. The summed E-state index contributed by atoms with van der Waals surface area (Å²) in [5.41, 5.74) is 3.72. The zero-order chi connectivity index (χ0) is 20.2. The molecule has 0 spiro atoms. The van der Waals surface area contributed by atoms with Crippen LogP contribution in [0.15, 0.2) is 46.9 Å². The number of carbonyl (C=O) groups is 1. The topological polar surface area (TPSA) is 79.0 Å². The van der Waals surface area contributed by atoms with Crippen LogP contribution >= 0.6 is 11.6 Å². The minimum atomic E-state index is -0.835. The molecule has 1 saturated heterocycles. The van der Waals surface area contributed by atoms with Gasteiger partial charge in [-0.15, -0.1) is 0 Å². The Morgan fingerprint density at radius 3 is 2.55 bits per heavy atom. The van der Waals surface area contributed by atoms with E-state index in [2.05, 4.69) is 34.1 Å². The van der Waals surface area contributed by atoms with E-state index in [9.17, 15) is 4.79 Å². The van der Waals surface area contributed by atoms with Gasteiger partial charge in [-0.05, 0) is 23.3 Å². The van der Waals surface area contributed by atoms with Gasteiger partial charge in [0.25, 0.3) is 0 Å². The van der Waals surface area contributed by atoms with Gasteiger partial charge in [-0.3, -0.25) is 4.90 Å². The Morgan fingerprint density at radius 2 is 1.83 bits per heavy atom. The Morgan fingerprint density at radius 1 is 1.10 bits per heavy atom. The average Bonchev–Trinajstić information content (AvgIpc) is 3.11. The number of ether oxygens (including phenoxy) is 1. The summed E-state index contributed by atoms with van der Waals surface area (Å²) in [5.74, 6) is 0. The van der Waals surface area contributed by atoms with Gasteiger partial charge in [0.2, 0.25) is 0 Å². The third kappa shape index (κ3) is 4.99. The minimum Gasteiger partial charge on any atom is -0.465 e. The lowest BCUT2D eigenvalue weighted by atomic mass is 10.1. The highest BCUT2D eigenvalue weighted by Gasteiger charge is 2.20. The zero-order valence-electron chi connectivity index (χ0n) is 15.9. The summed E-state index contributed by atoms with van der Waals surface area (Å²) < 4.78 is 11.2. The van der Waals surface area contributed by atoms with E-state index in [4.69, 9.17) is 25.9 Å². The van der Waals surface area contributed by atoms with E-state index in [1.807, 2.05) is 0 Å². The van der Waals surface area contributed by atoms with Gasteiger partial charge in [-0.2, -0.15) is 4.98 Å². The van der Waals surface area contributed by atoms with Gasteiger partial charge in [0.15, 0.2) is 5.58 Å². The number of piperazine rings is 1. The first-order chi connectivity index (χ1) is 14.1. The van der Waals surface area contributed by atoms with Gasteiger partial charge in [0, 0.05) is 50.2 Å². The molecule has 152 valence electrons. The second-order valence-electron chi connectivity index (χ2n) is 7.05. The van der Waals surface area contributed by atoms with Crippen LogP contribution in [0.25, 0.3) is 11.1 Å². The minimum absolute atomic E-state index is 0.249. The number of aromatic nitrogens is 1. The van der Waals surface area contributed by atoms with Gasteiger partial charge in [0.05, 0.1) is 6.61 Å². The fraction of sp³-hybridized carbons (Fsp3) is 0.333. The summed E-state index contributed by atoms with van der Waals surface area (Å²) in [6.45, 7) is 3.95. The lowest BCUT2D eigenvalue weighted by Crippen LogP contribution is -2.47. The third-order valence-corrected chi connectivity index (χ3v) is 5.25. The maximum absolute atomic E-state index is 11.0. The highest BCUT2D eigenvalue weighted by atomic mass is 35.5. The first kappa shape index (κ1) is 19.5. The predicted octanol–water partition coefficient (Wildman–Crippen LogP) is 3.90. The molecule has 0 saturated carbocycles. The SMILES string of the molecule is O=C(O)N1CCN(Cc2ccc(CCOc3nc4ccc(Cl)cc4o3)cc2)CC1. The lowest BCUT2D eigenvalue weighted by Gasteiger charge is -2.33. The third-order valence-electron chi connectivity index (χ3n) is 5.02. The van der Waals surface area contributed by atoms with Gasteiger partial charge in [0.1, 0.15) is 5.52 Å². The van der Waals surface area contributed by atoms with Crippen molar-refractivity contribution in [1.29, 1.82) is 0 Å². The maximum atomic E-state index is 11.0. The maximum Gasteiger partial charge on any atom is 0.407 e. The van der Waals surface area contributed by atoms with Crippen molar-refractivity contribution in [3.05, 3.63) is 58.6 Å². The Bertz CT molecular complexity index is 981. The van der Waals surface area contributed by atoms with Crippen LogP contribution in [-0.4, -0.2) is 58.8 Å². The number of halogens is 1. The van der Waals surface area contributed by atoms with Crippen molar-refractivity contribution in [3.63, 3.8) is 0 Å². The molecule has 0 aliphatic carbocycles. The molecule has 1 fully saturated rings. The predicted molar refractivity (Wildman–Crippen MR) is 110 cm³/mol. The van der Waals surface area contributed by atoms with E-state index in [1.165, 1.54) is 16.0 Å². The number of fused-ring (bicyclic) bond motifs is 1. The van der Waals surface area contributed by atoms with Crippen LogP contribution in [0.1, 0.15) is 11.1 Å². The molecule has 2 aromatic carbocycles. The molecule has 0 bridgehead atoms. The average molecular weight is 416 g/mol. The summed E-state index contributed by atoms with van der Waals surface area (Å²) in [6, 6.07) is 13.7. The number of carboxylic acid groups (broad SMARTS) is 1. The molecule has 4 rings (SSSR count). The number of oxazole rings is 1. The summed E-state index contributed by atoms with van der Waals surface area (Å²) >= 11 is 5.95. The molecule has 0 radical (unpaired) electrons. The molecule has 1 N–H and O–H groups in total. The van der Waals surface area contributed by atoms with Gasteiger partial charge >= 0.3 is 12.2 Å². The van der Waals surface area contributed by atoms with E-state index in [0.717, 1.165) is 31.6 Å². The Hall–Kier alpha value is -2.77. The van der Waals surface area contributed by atoms with Crippen molar-refractivity contribution >= 4 is 28.8 Å². The monoisotopic (exact) mass is 415 g/mol. The molecule has 8 heteroatoms.